The summed E-state index contributed by atoms with van der Waals surface area (Å²) in [5.41, 5.74) is 0. The summed E-state index contributed by atoms with van der Waals surface area (Å²) in [6, 6.07) is 0. The zero-order chi connectivity index (χ0) is 12.4. The van der Waals surface area contributed by atoms with Crippen molar-refractivity contribution in [2.24, 2.45) is 0 Å². The Kier molecular flexibility index (Phi) is 8.52. The lowest BCUT2D eigenvalue weighted by Crippen LogP contribution is -2.37. The van der Waals surface area contributed by atoms with E-state index in [0.29, 0.717) is 6.54 Å². The maximum Gasteiger partial charge on any atom is 0.239 e. The number of carbonyl (C=O) groups excluding carboxylic acids is 2. The number of hydrogen-bond donors (Lipinski definition) is 2. The van der Waals surface area contributed by atoms with Gasteiger partial charge in [0.25, 0.3) is 0 Å². The highest BCUT2D eigenvalue weighted by atomic mass is 16.3. The van der Waals surface area contributed by atoms with E-state index in [1.165, 1.54) is 11.8 Å². The van der Waals surface area contributed by atoms with Crippen LogP contribution in [0.1, 0.15) is 32.6 Å². The van der Waals surface area contributed by atoms with E-state index in [0.717, 1.165) is 25.7 Å². The molecule has 0 aromatic heterocycles. The maximum absolute atomic E-state index is 11.3. The molecule has 0 atom stereocenters. The molecule has 2 N–H and O–H groups in total. The van der Waals surface area contributed by atoms with Crippen LogP contribution in [0.25, 0.3) is 0 Å². The Morgan fingerprint density at radius 2 is 1.81 bits per heavy atom. The van der Waals surface area contributed by atoms with Crippen molar-refractivity contribution in [1.29, 1.82) is 0 Å². The van der Waals surface area contributed by atoms with Crippen LogP contribution in [0.15, 0.2) is 0 Å². The number of nitrogens with zero attached hydrogens (tertiary/aromatic N) is 1. The van der Waals surface area contributed by atoms with Gasteiger partial charge in [-0.2, -0.15) is 0 Å². The average Bonchev–Trinajstić information content (AvgIpc) is 2.23. The van der Waals surface area contributed by atoms with Gasteiger partial charge in [0.05, 0.1) is 6.54 Å². The van der Waals surface area contributed by atoms with Crippen molar-refractivity contribution < 1.29 is 14.7 Å². The van der Waals surface area contributed by atoms with Gasteiger partial charge >= 0.3 is 0 Å². The van der Waals surface area contributed by atoms with Gasteiger partial charge in [-0.3, -0.25) is 9.59 Å². The highest BCUT2D eigenvalue weighted by Crippen LogP contribution is 1.97. The summed E-state index contributed by atoms with van der Waals surface area (Å²) in [4.78, 5) is 23.5. The molecule has 16 heavy (non-hydrogen) atoms. The van der Waals surface area contributed by atoms with E-state index in [4.69, 9.17) is 5.11 Å². The molecule has 5 heteroatoms. The molecule has 0 unspecified atom stereocenters. The number of likely N-dealkylation sites (N-methyl/N-ethyl adjacent to an activating group) is 1. The number of amides is 2. The van der Waals surface area contributed by atoms with Crippen LogP contribution in [0, 0.1) is 0 Å². The minimum atomic E-state index is -0.125. The third-order valence-corrected chi connectivity index (χ3v) is 2.33. The SMILES string of the molecule is CC(=O)N(C)CC(=O)NCCCCCCO. The summed E-state index contributed by atoms with van der Waals surface area (Å²) in [7, 11) is 1.60. The molecule has 0 bridgehead atoms. The Hall–Kier alpha value is -1.10. The molecular formula is C11H22N2O3. The zero-order valence-corrected chi connectivity index (χ0v) is 10.2. The van der Waals surface area contributed by atoms with Gasteiger partial charge in [-0.25, -0.2) is 0 Å². The van der Waals surface area contributed by atoms with E-state index < -0.39 is 0 Å². The molecule has 5 nitrogen and oxygen atoms in total. The molecule has 0 rings (SSSR count). The fraction of sp³-hybridized carbons (Fsp3) is 0.818. The number of rotatable bonds is 8. The van der Waals surface area contributed by atoms with Crippen molar-refractivity contribution in [3.8, 4) is 0 Å². The predicted octanol–water partition coefficient (Wildman–Crippen LogP) is 0.134. The number of hydrogen-bond acceptors (Lipinski definition) is 3. The highest BCUT2D eigenvalue weighted by molar-refractivity contribution is 5.83. The van der Waals surface area contributed by atoms with Crippen LogP contribution in [0.3, 0.4) is 0 Å². The molecule has 0 saturated carbocycles. The molecule has 0 saturated heterocycles. The molecule has 0 heterocycles. The molecule has 0 aliphatic rings. The molecule has 0 aromatic carbocycles. The monoisotopic (exact) mass is 230 g/mol. The normalized spacial score (nSPS) is 9.94. The van der Waals surface area contributed by atoms with Crippen LogP contribution in [0.4, 0.5) is 0 Å². The van der Waals surface area contributed by atoms with Crippen molar-refractivity contribution in [3.05, 3.63) is 0 Å². The number of nitrogens with one attached hydrogen (secondary N) is 1. The van der Waals surface area contributed by atoms with Crippen LogP contribution in [0.5, 0.6) is 0 Å². The van der Waals surface area contributed by atoms with Crippen molar-refractivity contribution in [1.82, 2.24) is 10.2 Å². The summed E-state index contributed by atoms with van der Waals surface area (Å²) in [5, 5.41) is 11.3. The van der Waals surface area contributed by atoms with E-state index in [9.17, 15) is 9.59 Å². The van der Waals surface area contributed by atoms with Crippen molar-refractivity contribution in [2.75, 3.05) is 26.7 Å². The third-order valence-electron chi connectivity index (χ3n) is 2.33. The van der Waals surface area contributed by atoms with E-state index in [-0.39, 0.29) is 25.0 Å². The van der Waals surface area contributed by atoms with Crippen LogP contribution in [-0.2, 0) is 9.59 Å². The summed E-state index contributed by atoms with van der Waals surface area (Å²) < 4.78 is 0. The number of unbranched alkanes of at least 4 members (excludes halogenated alkanes) is 3. The lowest BCUT2D eigenvalue weighted by molar-refractivity contribution is -0.133. The minimum absolute atomic E-state index is 0.113. The van der Waals surface area contributed by atoms with Crippen LogP contribution in [0.2, 0.25) is 0 Å². The number of aliphatic hydroxyl groups excluding tert-OH is 1. The smallest absolute Gasteiger partial charge is 0.239 e. The molecule has 0 radical (unpaired) electrons. The molecule has 0 aliphatic carbocycles. The first-order chi connectivity index (χ1) is 7.57. The first-order valence-corrected chi connectivity index (χ1v) is 5.67. The molecule has 0 aromatic rings. The quantitative estimate of drug-likeness (QED) is 0.582. The summed E-state index contributed by atoms with van der Waals surface area (Å²) >= 11 is 0. The molecular weight excluding hydrogens is 208 g/mol. The van der Waals surface area contributed by atoms with Gasteiger partial charge in [-0.1, -0.05) is 12.8 Å². The van der Waals surface area contributed by atoms with Gasteiger partial charge in [0.15, 0.2) is 0 Å². The molecule has 94 valence electrons. The summed E-state index contributed by atoms with van der Waals surface area (Å²) in [6.07, 6.45) is 3.72. The van der Waals surface area contributed by atoms with Crippen molar-refractivity contribution in [2.45, 2.75) is 32.6 Å². The fourth-order valence-corrected chi connectivity index (χ4v) is 1.20. The lowest BCUT2D eigenvalue weighted by atomic mass is 10.2. The predicted molar refractivity (Wildman–Crippen MR) is 61.9 cm³/mol. The van der Waals surface area contributed by atoms with Crippen LogP contribution >= 0.6 is 0 Å². The van der Waals surface area contributed by atoms with Crippen molar-refractivity contribution in [3.63, 3.8) is 0 Å². The Labute approximate surface area is 96.8 Å². The Morgan fingerprint density at radius 1 is 1.19 bits per heavy atom. The van der Waals surface area contributed by atoms with Crippen molar-refractivity contribution >= 4 is 11.8 Å². The van der Waals surface area contributed by atoms with E-state index >= 15 is 0 Å². The zero-order valence-electron chi connectivity index (χ0n) is 10.2. The topological polar surface area (TPSA) is 69.6 Å². The summed E-state index contributed by atoms with van der Waals surface area (Å²) in [5.74, 6) is -0.238. The number of aliphatic hydroxyl groups is 1. The van der Waals surface area contributed by atoms with E-state index in [1.807, 2.05) is 0 Å². The van der Waals surface area contributed by atoms with Gasteiger partial charge in [0, 0.05) is 27.1 Å². The second-order valence-corrected chi connectivity index (χ2v) is 3.86. The standard InChI is InChI=1S/C11H22N2O3/c1-10(15)13(2)9-11(16)12-7-5-3-4-6-8-14/h14H,3-9H2,1-2H3,(H,12,16). The highest BCUT2D eigenvalue weighted by Gasteiger charge is 2.07. The van der Waals surface area contributed by atoms with Crippen LogP contribution < -0.4 is 5.32 Å². The van der Waals surface area contributed by atoms with Gasteiger partial charge < -0.3 is 15.3 Å². The Bertz CT molecular complexity index is 219. The second kappa shape index (κ2) is 9.15. The molecule has 0 aliphatic heterocycles. The Morgan fingerprint density at radius 3 is 2.38 bits per heavy atom. The van der Waals surface area contributed by atoms with Gasteiger partial charge in [0.1, 0.15) is 0 Å². The maximum atomic E-state index is 11.3. The third kappa shape index (κ3) is 8.23. The van der Waals surface area contributed by atoms with Crippen LogP contribution in [-0.4, -0.2) is 48.6 Å². The van der Waals surface area contributed by atoms with E-state index in [1.54, 1.807) is 7.05 Å². The van der Waals surface area contributed by atoms with E-state index in [2.05, 4.69) is 5.32 Å². The molecule has 2 amide bonds. The second-order valence-electron chi connectivity index (χ2n) is 3.86. The lowest BCUT2D eigenvalue weighted by Gasteiger charge is -2.14. The molecule has 0 spiro atoms. The number of carbonyl (C=O) groups is 2. The fourth-order valence-electron chi connectivity index (χ4n) is 1.20. The largest absolute Gasteiger partial charge is 0.396 e. The van der Waals surface area contributed by atoms with Gasteiger partial charge in [0.2, 0.25) is 11.8 Å². The average molecular weight is 230 g/mol. The first kappa shape index (κ1) is 14.9. The first-order valence-electron chi connectivity index (χ1n) is 5.67. The summed E-state index contributed by atoms with van der Waals surface area (Å²) in [6.45, 7) is 2.42. The Balaban J connectivity index is 3.40. The minimum Gasteiger partial charge on any atom is -0.396 e. The molecule has 0 fully saturated rings. The van der Waals surface area contributed by atoms with Gasteiger partial charge in [-0.15, -0.1) is 0 Å². The van der Waals surface area contributed by atoms with Gasteiger partial charge in [-0.05, 0) is 12.8 Å².